The van der Waals surface area contributed by atoms with Gasteiger partial charge in [0, 0.05) is 25.0 Å². The van der Waals surface area contributed by atoms with Crippen LogP contribution in [-0.4, -0.2) is 21.1 Å². The normalized spacial score (nSPS) is 10.7. The maximum atomic E-state index is 12.1. The monoisotopic (exact) mass is 288 g/mol. The summed E-state index contributed by atoms with van der Waals surface area (Å²) in [7, 11) is 1.93. The van der Waals surface area contributed by atoms with Crippen molar-refractivity contribution in [2.24, 2.45) is 7.05 Å². The number of Topliss-reactive ketones (excluding diaryl/α,β-unsaturated/α-hetero) is 1. The summed E-state index contributed by atoms with van der Waals surface area (Å²) in [5.41, 5.74) is 2.09. The minimum atomic E-state index is 0.153. The Bertz CT molecular complexity index is 560. The Hall–Kier alpha value is -1.55. The molecule has 0 atom stereocenters. The number of nitrogens with zero attached hydrogens (tertiary/aromatic N) is 2. The Balaban J connectivity index is 1.90. The van der Waals surface area contributed by atoms with Crippen molar-refractivity contribution in [3.05, 3.63) is 47.8 Å². The molecule has 1 aromatic carbocycles. The van der Waals surface area contributed by atoms with E-state index in [4.69, 9.17) is 0 Å². The smallest absolute Gasteiger partial charge is 0.173 e. The van der Waals surface area contributed by atoms with Crippen molar-refractivity contribution in [2.45, 2.75) is 31.3 Å². The fourth-order valence-electron chi connectivity index (χ4n) is 1.94. The first-order valence-corrected chi connectivity index (χ1v) is 7.91. The topological polar surface area (TPSA) is 34.9 Å². The molecule has 0 fully saturated rings. The molecule has 0 N–H and O–H groups in total. The van der Waals surface area contributed by atoms with Crippen LogP contribution in [0.5, 0.6) is 0 Å². The van der Waals surface area contributed by atoms with E-state index in [1.54, 1.807) is 6.20 Å². The zero-order valence-electron chi connectivity index (χ0n) is 12.0. The van der Waals surface area contributed by atoms with E-state index in [0.29, 0.717) is 5.75 Å². The highest BCUT2D eigenvalue weighted by atomic mass is 32.2. The number of unbranched alkanes of at least 4 members (excludes halogenated alkanes) is 1. The number of carbonyl (C=O) groups is 1. The Morgan fingerprint density at radius 2 is 2.05 bits per heavy atom. The molecule has 0 aliphatic rings. The zero-order valence-corrected chi connectivity index (χ0v) is 12.8. The van der Waals surface area contributed by atoms with Crippen LogP contribution < -0.4 is 0 Å². The van der Waals surface area contributed by atoms with Crippen LogP contribution in [0.15, 0.2) is 41.8 Å². The Kier molecular flexibility index (Phi) is 5.41. The van der Waals surface area contributed by atoms with E-state index in [0.717, 1.165) is 17.1 Å². The molecule has 0 aliphatic heterocycles. The lowest BCUT2D eigenvalue weighted by atomic mass is 10.1. The number of hydrogen-bond donors (Lipinski definition) is 0. The first kappa shape index (κ1) is 14.9. The highest BCUT2D eigenvalue weighted by Crippen LogP contribution is 2.17. The van der Waals surface area contributed by atoms with E-state index >= 15 is 0 Å². The summed E-state index contributed by atoms with van der Waals surface area (Å²) < 4.78 is 1.92. The van der Waals surface area contributed by atoms with Gasteiger partial charge >= 0.3 is 0 Å². The standard InChI is InChI=1S/C16H20N2OS/c1-3-4-5-13-6-8-14(9-7-13)15(19)12-20-16-17-10-11-18(16)2/h6-11H,3-5,12H2,1-2H3. The second-order valence-electron chi connectivity index (χ2n) is 4.83. The molecule has 0 aliphatic carbocycles. The van der Waals surface area contributed by atoms with E-state index in [1.807, 2.05) is 29.9 Å². The molecule has 4 heteroatoms. The van der Waals surface area contributed by atoms with Crippen LogP contribution in [0.2, 0.25) is 0 Å². The molecular weight excluding hydrogens is 268 g/mol. The molecule has 20 heavy (non-hydrogen) atoms. The number of thioether (sulfide) groups is 1. The quantitative estimate of drug-likeness (QED) is 0.575. The van der Waals surface area contributed by atoms with E-state index in [-0.39, 0.29) is 5.78 Å². The van der Waals surface area contributed by atoms with Gasteiger partial charge in [0.1, 0.15) is 0 Å². The number of rotatable bonds is 7. The summed E-state index contributed by atoms with van der Waals surface area (Å²) in [4.78, 5) is 16.3. The number of carbonyl (C=O) groups excluding carboxylic acids is 1. The van der Waals surface area contributed by atoms with Crippen molar-refractivity contribution in [1.82, 2.24) is 9.55 Å². The van der Waals surface area contributed by atoms with Gasteiger partial charge in [0.2, 0.25) is 0 Å². The lowest BCUT2D eigenvalue weighted by molar-refractivity contribution is 0.102. The van der Waals surface area contributed by atoms with Gasteiger partial charge in [-0.2, -0.15) is 0 Å². The van der Waals surface area contributed by atoms with Crippen LogP contribution in [0.25, 0.3) is 0 Å². The van der Waals surface area contributed by atoms with Crippen molar-refractivity contribution in [3.63, 3.8) is 0 Å². The molecule has 1 aromatic heterocycles. The third-order valence-corrected chi connectivity index (χ3v) is 4.26. The van der Waals surface area contributed by atoms with E-state index in [2.05, 4.69) is 24.0 Å². The third-order valence-electron chi connectivity index (χ3n) is 3.20. The van der Waals surface area contributed by atoms with Gasteiger partial charge in [-0.1, -0.05) is 49.4 Å². The number of hydrogen-bond acceptors (Lipinski definition) is 3. The van der Waals surface area contributed by atoms with Crippen molar-refractivity contribution in [1.29, 1.82) is 0 Å². The van der Waals surface area contributed by atoms with Crippen LogP contribution in [0.1, 0.15) is 35.7 Å². The van der Waals surface area contributed by atoms with Gasteiger partial charge in [-0.3, -0.25) is 4.79 Å². The summed E-state index contributed by atoms with van der Waals surface area (Å²) in [6, 6.07) is 8.00. The second-order valence-corrected chi connectivity index (χ2v) is 5.78. The van der Waals surface area contributed by atoms with Gasteiger partial charge in [-0.15, -0.1) is 0 Å². The summed E-state index contributed by atoms with van der Waals surface area (Å²) >= 11 is 1.48. The number of aromatic nitrogens is 2. The Morgan fingerprint density at radius 1 is 1.30 bits per heavy atom. The molecule has 106 valence electrons. The molecule has 0 bridgehead atoms. The fourth-order valence-corrected chi connectivity index (χ4v) is 2.77. The maximum absolute atomic E-state index is 12.1. The highest BCUT2D eigenvalue weighted by Gasteiger charge is 2.08. The molecule has 0 amide bonds. The summed E-state index contributed by atoms with van der Waals surface area (Å²) in [6.45, 7) is 2.19. The van der Waals surface area contributed by atoms with Gasteiger partial charge in [-0.25, -0.2) is 4.98 Å². The van der Waals surface area contributed by atoms with Gasteiger partial charge in [-0.05, 0) is 18.4 Å². The average molecular weight is 288 g/mol. The largest absolute Gasteiger partial charge is 0.329 e. The first-order valence-electron chi connectivity index (χ1n) is 6.93. The molecule has 0 unspecified atom stereocenters. The van der Waals surface area contributed by atoms with E-state index in [1.165, 1.54) is 30.2 Å². The summed E-state index contributed by atoms with van der Waals surface area (Å²) in [5, 5.41) is 0.873. The van der Waals surface area contributed by atoms with Gasteiger partial charge in [0.15, 0.2) is 10.9 Å². The fraction of sp³-hybridized carbons (Fsp3) is 0.375. The molecule has 1 heterocycles. The van der Waals surface area contributed by atoms with Gasteiger partial charge in [0.25, 0.3) is 0 Å². The number of aryl methyl sites for hydroxylation is 2. The molecule has 2 rings (SSSR count). The SMILES string of the molecule is CCCCc1ccc(C(=O)CSc2nccn2C)cc1. The average Bonchev–Trinajstić information content (AvgIpc) is 2.88. The minimum absolute atomic E-state index is 0.153. The molecule has 0 saturated heterocycles. The summed E-state index contributed by atoms with van der Waals surface area (Å²) in [5.74, 6) is 0.583. The molecule has 2 aromatic rings. The Morgan fingerprint density at radius 3 is 2.65 bits per heavy atom. The van der Waals surface area contributed by atoms with Crippen LogP contribution in [0.3, 0.4) is 0 Å². The number of imidazole rings is 1. The predicted octanol–water partition coefficient (Wildman–Crippen LogP) is 3.74. The van der Waals surface area contributed by atoms with Crippen molar-refractivity contribution < 1.29 is 4.79 Å². The predicted molar refractivity (Wildman–Crippen MR) is 83.3 cm³/mol. The zero-order chi connectivity index (χ0) is 14.4. The molecule has 3 nitrogen and oxygen atoms in total. The maximum Gasteiger partial charge on any atom is 0.173 e. The lowest BCUT2D eigenvalue weighted by Gasteiger charge is -2.04. The van der Waals surface area contributed by atoms with Crippen molar-refractivity contribution in [3.8, 4) is 0 Å². The lowest BCUT2D eigenvalue weighted by Crippen LogP contribution is -2.03. The number of benzene rings is 1. The minimum Gasteiger partial charge on any atom is -0.329 e. The van der Waals surface area contributed by atoms with Crippen molar-refractivity contribution in [2.75, 3.05) is 5.75 Å². The van der Waals surface area contributed by atoms with Crippen LogP contribution >= 0.6 is 11.8 Å². The Labute approximate surface area is 124 Å². The van der Waals surface area contributed by atoms with Crippen LogP contribution in [0.4, 0.5) is 0 Å². The first-order chi connectivity index (χ1) is 9.70. The van der Waals surface area contributed by atoms with Gasteiger partial charge < -0.3 is 4.57 Å². The molecule has 0 radical (unpaired) electrons. The molecular formula is C16H20N2OS. The highest BCUT2D eigenvalue weighted by molar-refractivity contribution is 7.99. The second kappa shape index (κ2) is 7.29. The van der Waals surface area contributed by atoms with E-state index in [9.17, 15) is 4.79 Å². The van der Waals surface area contributed by atoms with Gasteiger partial charge in [0.05, 0.1) is 5.75 Å². The third kappa shape index (κ3) is 3.97. The van der Waals surface area contributed by atoms with Crippen LogP contribution in [-0.2, 0) is 13.5 Å². The summed E-state index contributed by atoms with van der Waals surface area (Å²) in [6.07, 6.45) is 7.11. The number of ketones is 1. The molecule has 0 spiro atoms. The van der Waals surface area contributed by atoms with Crippen molar-refractivity contribution >= 4 is 17.5 Å². The van der Waals surface area contributed by atoms with Crippen LogP contribution in [0, 0.1) is 0 Å². The van der Waals surface area contributed by atoms with E-state index < -0.39 is 0 Å². The molecule has 0 saturated carbocycles.